The van der Waals surface area contributed by atoms with Gasteiger partial charge >= 0.3 is 0 Å². The summed E-state index contributed by atoms with van der Waals surface area (Å²) in [5.74, 6) is 1.65. The van der Waals surface area contributed by atoms with Crippen LogP contribution in [0.25, 0.3) is 0 Å². The van der Waals surface area contributed by atoms with Crippen LogP contribution in [0.3, 0.4) is 0 Å². The summed E-state index contributed by atoms with van der Waals surface area (Å²) < 4.78 is 10.9. The Morgan fingerprint density at radius 2 is 1.93 bits per heavy atom. The van der Waals surface area contributed by atoms with Gasteiger partial charge in [-0.25, -0.2) is 5.01 Å². The van der Waals surface area contributed by atoms with Crippen molar-refractivity contribution in [3.8, 4) is 11.5 Å². The van der Waals surface area contributed by atoms with Gasteiger partial charge in [0.1, 0.15) is 11.5 Å². The van der Waals surface area contributed by atoms with Crippen LogP contribution < -0.4 is 9.47 Å². The van der Waals surface area contributed by atoms with E-state index in [2.05, 4.69) is 10.0 Å². The lowest BCUT2D eigenvalue weighted by molar-refractivity contribution is -0.132. The molecule has 1 aliphatic heterocycles. The predicted octanol–water partition coefficient (Wildman–Crippen LogP) is 3.30. The summed E-state index contributed by atoms with van der Waals surface area (Å²) in [5, 5.41) is 6.21. The van der Waals surface area contributed by atoms with Crippen LogP contribution in [0, 0.1) is 0 Å². The fourth-order valence-corrected chi connectivity index (χ4v) is 3.70. The summed E-state index contributed by atoms with van der Waals surface area (Å²) in [6.07, 6.45) is 3.04. The van der Waals surface area contributed by atoms with Crippen molar-refractivity contribution in [2.24, 2.45) is 5.10 Å². The van der Waals surface area contributed by atoms with Gasteiger partial charge in [0.15, 0.2) is 0 Å². The van der Waals surface area contributed by atoms with Crippen molar-refractivity contribution in [3.63, 3.8) is 0 Å². The first kappa shape index (κ1) is 19.5. The molecule has 0 saturated heterocycles. The van der Waals surface area contributed by atoms with Crippen molar-refractivity contribution in [1.29, 1.82) is 0 Å². The van der Waals surface area contributed by atoms with Gasteiger partial charge in [0, 0.05) is 24.6 Å². The van der Waals surface area contributed by atoms with Crippen molar-refractivity contribution in [3.05, 3.63) is 59.7 Å². The Bertz CT molecular complexity index is 893. The third-order valence-corrected chi connectivity index (χ3v) is 5.46. The van der Waals surface area contributed by atoms with E-state index in [0.717, 1.165) is 47.6 Å². The second kappa shape index (κ2) is 8.66. The van der Waals surface area contributed by atoms with E-state index >= 15 is 0 Å². The number of amides is 1. The number of hydrogen-bond acceptors (Lipinski definition) is 5. The smallest absolute Gasteiger partial charge is 0.256 e. The topological polar surface area (TPSA) is 54.4 Å². The summed E-state index contributed by atoms with van der Waals surface area (Å²) in [7, 11) is 3.32. The van der Waals surface area contributed by atoms with Gasteiger partial charge in [-0.05, 0) is 36.6 Å². The number of carbonyl (C=O) groups excluding carboxylic acids is 1. The van der Waals surface area contributed by atoms with E-state index in [1.807, 2.05) is 48.5 Å². The number of hydrazone groups is 1. The Hall–Kier alpha value is -2.86. The minimum atomic E-state index is 0.0460. The second-order valence-corrected chi connectivity index (χ2v) is 7.49. The van der Waals surface area contributed by atoms with Crippen molar-refractivity contribution < 1.29 is 14.3 Å². The maximum Gasteiger partial charge on any atom is 0.256 e. The molecular weight excluding hydrogens is 366 g/mol. The van der Waals surface area contributed by atoms with Gasteiger partial charge in [-0.1, -0.05) is 30.3 Å². The molecule has 1 heterocycles. The fraction of sp³-hybridized carbons (Fsp3) is 0.391. The molecule has 0 aromatic heterocycles. The Kier molecular flexibility index (Phi) is 5.81. The van der Waals surface area contributed by atoms with Gasteiger partial charge in [0.25, 0.3) is 5.91 Å². The molecule has 2 aliphatic rings. The molecule has 0 N–H and O–H groups in total. The van der Waals surface area contributed by atoms with Crippen LogP contribution >= 0.6 is 0 Å². The predicted molar refractivity (Wildman–Crippen MR) is 112 cm³/mol. The lowest BCUT2D eigenvalue weighted by atomic mass is 10.1. The van der Waals surface area contributed by atoms with Crippen LogP contribution in [0.5, 0.6) is 11.5 Å². The number of ether oxygens (including phenoxy) is 2. The largest absolute Gasteiger partial charge is 0.497 e. The number of nitrogens with zero attached hydrogens (tertiary/aromatic N) is 3. The van der Waals surface area contributed by atoms with Crippen LogP contribution in [0.15, 0.2) is 53.6 Å². The van der Waals surface area contributed by atoms with E-state index in [4.69, 9.17) is 9.47 Å². The van der Waals surface area contributed by atoms with Crippen LogP contribution in [-0.2, 0) is 11.3 Å². The molecular formula is C23H27N3O3. The molecule has 4 rings (SSSR count). The molecule has 1 aliphatic carbocycles. The molecule has 152 valence electrons. The first-order valence-corrected chi connectivity index (χ1v) is 10.1. The molecule has 6 nitrogen and oxygen atoms in total. The Labute approximate surface area is 171 Å². The highest BCUT2D eigenvalue weighted by Gasteiger charge is 2.33. The highest BCUT2D eigenvalue weighted by molar-refractivity contribution is 6.02. The highest BCUT2D eigenvalue weighted by atomic mass is 16.5. The first-order valence-electron chi connectivity index (χ1n) is 10.1. The number of carbonyl (C=O) groups is 1. The quantitative estimate of drug-likeness (QED) is 0.691. The van der Waals surface area contributed by atoms with Crippen molar-refractivity contribution >= 4 is 11.6 Å². The Morgan fingerprint density at radius 1 is 1.14 bits per heavy atom. The zero-order valence-electron chi connectivity index (χ0n) is 17.0. The lowest BCUT2D eigenvalue weighted by Gasteiger charge is -2.24. The van der Waals surface area contributed by atoms with Crippen LogP contribution in [-0.4, -0.2) is 54.9 Å². The van der Waals surface area contributed by atoms with E-state index in [1.54, 1.807) is 19.2 Å². The summed E-state index contributed by atoms with van der Waals surface area (Å²) in [6.45, 7) is 1.65. The van der Waals surface area contributed by atoms with Crippen molar-refractivity contribution in [2.75, 3.05) is 27.3 Å². The molecule has 0 bridgehead atoms. The maximum absolute atomic E-state index is 13.0. The van der Waals surface area contributed by atoms with E-state index in [0.29, 0.717) is 25.7 Å². The minimum absolute atomic E-state index is 0.0460. The standard InChI is InChI=1S/C23H27N3O3/c1-28-20-10-11-22(29-2)18(14-20)15-25(19-8-9-19)16-23(27)26-13-12-21(24-26)17-6-4-3-5-7-17/h3-7,10-11,14,19H,8-9,12-13,15-16H2,1-2H3. The average molecular weight is 393 g/mol. The maximum atomic E-state index is 13.0. The molecule has 0 radical (unpaired) electrons. The van der Waals surface area contributed by atoms with Gasteiger partial charge in [0.05, 0.1) is 33.0 Å². The van der Waals surface area contributed by atoms with Crippen molar-refractivity contribution in [2.45, 2.75) is 31.8 Å². The molecule has 1 amide bonds. The zero-order chi connectivity index (χ0) is 20.2. The number of methoxy groups -OCH3 is 2. The highest BCUT2D eigenvalue weighted by Crippen LogP contribution is 2.32. The normalized spacial score (nSPS) is 16.1. The van der Waals surface area contributed by atoms with Crippen molar-refractivity contribution in [1.82, 2.24) is 9.91 Å². The van der Waals surface area contributed by atoms with Crippen LogP contribution in [0.1, 0.15) is 30.4 Å². The molecule has 1 fully saturated rings. The van der Waals surface area contributed by atoms with Gasteiger partial charge < -0.3 is 9.47 Å². The van der Waals surface area contributed by atoms with Gasteiger partial charge in [-0.15, -0.1) is 0 Å². The fourth-order valence-electron chi connectivity index (χ4n) is 3.70. The molecule has 0 atom stereocenters. The van der Waals surface area contributed by atoms with E-state index in [1.165, 1.54) is 0 Å². The third-order valence-electron chi connectivity index (χ3n) is 5.46. The number of benzene rings is 2. The number of hydrogen-bond donors (Lipinski definition) is 0. The zero-order valence-corrected chi connectivity index (χ0v) is 17.0. The average Bonchev–Trinajstić information content (AvgIpc) is 3.49. The summed E-state index contributed by atoms with van der Waals surface area (Å²) in [4.78, 5) is 15.2. The number of rotatable bonds is 8. The van der Waals surface area contributed by atoms with E-state index in [9.17, 15) is 4.79 Å². The SMILES string of the molecule is COc1ccc(OC)c(CN(CC(=O)N2CCC(c3ccccc3)=N2)C2CC2)c1. The molecule has 2 aromatic carbocycles. The summed E-state index contributed by atoms with van der Waals surface area (Å²) in [5.41, 5.74) is 3.09. The summed E-state index contributed by atoms with van der Waals surface area (Å²) in [6, 6.07) is 16.3. The summed E-state index contributed by atoms with van der Waals surface area (Å²) >= 11 is 0. The Morgan fingerprint density at radius 3 is 2.62 bits per heavy atom. The van der Waals surface area contributed by atoms with Crippen LogP contribution in [0.4, 0.5) is 0 Å². The lowest BCUT2D eigenvalue weighted by Crippen LogP contribution is -2.38. The molecule has 2 aromatic rings. The molecule has 0 spiro atoms. The third kappa shape index (κ3) is 4.59. The molecule has 6 heteroatoms. The van der Waals surface area contributed by atoms with Gasteiger partial charge in [-0.3, -0.25) is 9.69 Å². The minimum Gasteiger partial charge on any atom is -0.497 e. The Balaban J connectivity index is 1.46. The molecule has 0 unspecified atom stereocenters. The van der Waals surface area contributed by atoms with E-state index < -0.39 is 0 Å². The molecule has 1 saturated carbocycles. The van der Waals surface area contributed by atoms with Gasteiger partial charge in [0.2, 0.25) is 0 Å². The van der Waals surface area contributed by atoms with Gasteiger partial charge in [-0.2, -0.15) is 5.10 Å². The monoisotopic (exact) mass is 393 g/mol. The second-order valence-electron chi connectivity index (χ2n) is 7.49. The van der Waals surface area contributed by atoms with E-state index in [-0.39, 0.29) is 5.91 Å². The first-order chi connectivity index (χ1) is 14.2. The van der Waals surface area contributed by atoms with Crippen LogP contribution in [0.2, 0.25) is 0 Å². The molecule has 29 heavy (non-hydrogen) atoms.